The summed E-state index contributed by atoms with van der Waals surface area (Å²) in [6, 6.07) is 3.68. The van der Waals surface area contributed by atoms with E-state index in [0.717, 1.165) is 31.7 Å². The summed E-state index contributed by atoms with van der Waals surface area (Å²) in [6.07, 6.45) is -0.101. The smallest absolute Gasteiger partial charge is 0.399 e. The normalized spacial score (nSPS) is 18.4. The van der Waals surface area contributed by atoms with Crippen molar-refractivity contribution in [1.82, 2.24) is 0 Å². The summed E-state index contributed by atoms with van der Waals surface area (Å²) in [5, 5.41) is 0. The lowest BCUT2D eigenvalue weighted by molar-refractivity contribution is -0.138. The predicted molar refractivity (Wildman–Crippen MR) is 74.5 cm³/mol. The van der Waals surface area contributed by atoms with E-state index in [4.69, 9.17) is 5.73 Å². The van der Waals surface area contributed by atoms with E-state index in [0.29, 0.717) is 11.7 Å². The highest BCUT2D eigenvalue weighted by Gasteiger charge is 2.34. The number of hydrogen-bond acceptors (Lipinski definition) is 2. The number of hydrogen-bond donors (Lipinski definition) is 1. The van der Waals surface area contributed by atoms with Crippen LogP contribution in [0.15, 0.2) is 18.2 Å². The van der Waals surface area contributed by atoms with Crippen LogP contribution in [0.25, 0.3) is 0 Å². The van der Waals surface area contributed by atoms with Crippen LogP contribution in [0.1, 0.15) is 36.8 Å². The van der Waals surface area contributed by atoms with Crippen molar-refractivity contribution < 1.29 is 17.4 Å². The number of alkyl halides is 3. The topological polar surface area (TPSA) is 43.1 Å². The molecule has 0 saturated heterocycles. The fourth-order valence-corrected chi connectivity index (χ4v) is 4.23. The molecule has 1 atom stereocenters. The second-order valence-corrected chi connectivity index (χ2v) is 6.82. The molecule has 1 fully saturated rings. The maximum Gasteiger partial charge on any atom is 0.416 e. The molecule has 0 radical (unpaired) electrons. The lowest BCUT2D eigenvalue weighted by Crippen LogP contribution is -2.14. The first-order valence-electron chi connectivity index (χ1n) is 6.67. The van der Waals surface area contributed by atoms with E-state index in [2.05, 4.69) is 0 Å². The van der Waals surface area contributed by atoms with Gasteiger partial charge in [-0.3, -0.25) is 4.21 Å². The van der Waals surface area contributed by atoms with Gasteiger partial charge >= 0.3 is 6.18 Å². The van der Waals surface area contributed by atoms with Crippen molar-refractivity contribution in [3.8, 4) is 0 Å². The number of nitrogen functional groups attached to an aromatic ring is 1. The summed E-state index contributed by atoms with van der Waals surface area (Å²) in [4.78, 5) is 0. The van der Waals surface area contributed by atoms with Gasteiger partial charge in [0, 0.05) is 28.0 Å². The molecule has 2 nitrogen and oxygen atoms in total. The standard InChI is InChI=1S/C14H18F3NOS/c15-14(16,17)13-7-12(18)6-5-11(13)9-20(19)8-10-3-1-2-4-10/h5-7,10H,1-4,8-9,18H2. The molecule has 0 spiro atoms. The van der Waals surface area contributed by atoms with Gasteiger partial charge < -0.3 is 5.73 Å². The van der Waals surface area contributed by atoms with Crippen molar-refractivity contribution in [2.24, 2.45) is 5.92 Å². The molecule has 1 aromatic carbocycles. The Kier molecular flexibility index (Phi) is 4.73. The first-order valence-corrected chi connectivity index (χ1v) is 8.15. The van der Waals surface area contributed by atoms with E-state index in [9.17, 15) is 17.4 Å². The molecule has 1 saturated carbocycles. The van der Waals surface area contributed by atoms with Gasteiger partial charge in [-0.2, -0.15) is 13.2 Å². The molecular formula is C14H18F3NOS. The van der Waals surface area contributed by atoms with Crippen molar-refractivity contribution in [2.75, 3.05) is 11.5 Å². The summed E-state index contributed by atoms with van der Waals surface area (Å²) in [5.74, 6) is 0.853. The van der Waals surface area contributed by atoms with Gasteiger partial charge in [0.2, 0.25) is 0 Å². The highest BCUT2D eigenvalue weighted by Crippen LogP contribution is 2.34. The van der Waals surface area contributed by atoms with Crippen molar-refractivity contribution in [1.29, 1.82) is 0 Å². The molecule has 2 N–H and O–H groups in total. The van der Waals surface area contributed by atoms with Crippen LogP contribution in [0.2, 0.25) is 0 Å². The molecule has 2 rings (SSSR count). The van der Waals surface area contributed by atoms with E-state index in [1.54, 1.807) is 0 Å². The second-order valence-electron chi connectivity index (χ2n) is 5.32. The molecule has 0 aromatic heterocycles. The van der Waals surface area contributed by atoms with Crippen molar-refractivity contribution in [3.05, 3.63) is 29.3 Å². The van der Waals surface area contributed by atoms with E-state index in [1.807, 2.05) is 0 Å². The minimum Gasteiger partial charge on any atom is -0.399 e. The summed E-state index contributed by atoms with van der Waals surface area (Å²) in [7, 11) is -1.25. The summed E-state index contributed by atoms with van der Waals surface area (Å²) >= 11 is 0. The molecule has 1 aliphatic rings. The van der Waals surface area contributed by atoms with E-state index in [1.165, 1.54) is 12.1 Å². The van der Waals surface area contributed by atoms with E-state index >= 15 is 0 Å². The number of nitrogens with two attached hydrogens (primary N) is 1. The maximum absolute atomic E-state index is 12.9. The van der Waals surface area contributed by atoms with Gasteiger partial charge in [-0.1, -0.05) is 18.9 Å². The lowest BCUT2D eigenvalue weighted by Gasteiger charge is -2.14. The molecule has 1 unspecified atom stereocenters. The van der Waals surface area contributed by atoms with Crippen LogP contribution >= 0.6 is 0 Å². The average molecular weight is 305 g/mol. The molecule has 112 valence electrons. The number of benzene rings is 1. The molecule has 0 heterocycles. The second kappa shape index (κ2) is 6.16. The van der Waals surface area contributed by atoms with Gasteiger partial charge in [-0.15, -0.1) is 0 Å². The number of halogens is 3. The predicted octanol–water partition coefficient (Wildman–Crippen LogP) is 3.73. The van der Waals surface area contributed by atoms with Crippen LogP contribution in [-0.4, -0.2) is 9.96 Å². The van der Waals surface area contributed by atoms with Crippen LogP contribution in [0.5, 0.6) is 0 Å². The third kappa shape index (κ3) is 3.98. The summed E-state index contributed by atoms with van der Waals surface area (Å²) in [6.45, 7) is 0. The molecule has 0 bridgehead atoms. The molecule has 1 aromatic rings. The van der Waals surface area contributed by atoms with Gasteiger partial charge in [0.1, 0.15) is 0 Å². The average Bonchev–Trinajstić information content (AvgIpc) is 2.82. The van der Waals surface area contributed by atoms with E-state index < -0.39 is 22.5 Å². The first-order chi connectivity index (χ1) is 9.36. The Balaban J connectivity index is 2.10. The van der Waals surface area contributed by atoms with Crippen LogP contribution in [0.3, 0.4) is 0 Å². The molecule has 6 heteroatoms. The van der Waals surface area contributed by atoms with Gasteiger partial charge in [-0.25, -0.2) is 0 Å². The first kappa shape index (κ1) is 15.4. The molecule has 0 amide bonds. The molecule has 1 aliphatic carbocycles. The van der Waals surface area contributed by atoms with Gasteiger partial charge in [0.15, 0.2) is 0 Å². The minimum absolute atomic E-state index is 0.0500. The zero-order valence-corrected chi connectivity index (χ0v) is 11.9. The third-order valence-electron chi connectivity index (χ3n) is 3.65. The van der Waals surface area contributed by atoms with Crippen molar-refractivity contribution in [3.63, 3.8) is 0 Å². The molecular weight excluding hydrogens is 287 g/mol. The minimum atomic E-state index is -4.46. The van der Waals surface area contributed by atoms with Crippen LogP contribution < -0.4 is 5.73 Å². The largest absolute Gasteiger partial charge is 0.416 e. The highest BCUT2D eigenvalue weighted by atomic mass is 32.2. The Morgan fingerprint density at radius 1 is 1.25 bits per heavy atom. The Morgan fingerprint density at radius 3 is 2.50 bits per heavy atom. The van der Waals surface area contributed by atoms with Gasteiger partial charge in [-0.05, 0) is 36.5 Å². The Hall–Kier alpha value is -1.04. The summed E-state index contributed by atoms with van der Waals surface area (Å²) < 4.78 is 50.8. The van der Waals surface area contributed by atoms with E-state index in [-0.39, 0.29) is 17.0 Å². The zero-order chi connectivity index (χ0) is 14.8. The summed E-state index contributed by atoms with van der Waals surface area (Å²) in [5.41, 5.74) is 4.79. The SMILES string of the molecule is Nc1ccc(CS(=O)CC2CCCC2)c(C(F)(F)F)c1. The fraction of sp³-hybridized carbons (Fsp3) is 0.571. The quantitative estimate of drug-likeness (QED) is 0.861. The maximum atomic E-state index is 12.9. The van der Waals surface area contributed by atoms with Gasteiger partial charge in [0.05, 0.1) is 5.56 Å². The Labute approximate surface area is 119 Å². The van der Waals surface area contributed by atoms with Gasteiger partial charge in [0.25, 0.3) is 0 Å². The Morgan fingerprint density at radius 2 is 1.90 bits per heavy atom. The lowest BCUT2D eigenvalue weighted by atomic mass is 10.1. The van der Waals surface area contributed by atoms with Crippen LogP contribution in [0, 0.1) is 5.92 Å². The third-order valence-corrected chi connectivity index (χ3v) is 5.13. The van der Waals surface area contributed by atoms with Crippen molar-refractivity contribution in [2.45, 2.75) is 37.6 Å². The fourth-order valence-electron chi connectivity index (χ4n) is 2.66. The van der Waals surface area contributed by atoms with Crippen LogP contribution in [-0.2, 0) is 22.7 Å². The number of rotatable bonds is 4. The molecule has 20 heavy (non-hydrogen) atoms. The van der Waals surface area contributed by atoms with Crippen molar-refractivity contribution >= 4 is 16.5 Å². The monoisotopic (exact) mass is 305 g/mol. The zero-order valence-electron chi connectivity index (χ0n) is 11.1. The Bertz CT molecular complexity index is 496. The highest BCUT2D eigenvalue weighted by molar-refractivity contribution is 7.84. The van der Waals surface area contributed by atoms with Crippen LogP contribution in [0.4, 0.5) is 18.9 Å². The number of anilines is 1. The molecule has 0 aliphatic heterocycles.